The van der Waals surface area contributed by atoms with Gasteiger partial charge in [0.05, 0.1) is 36.0 Å². The van der Waals surface area contributed by atoms with Crippen molar-refractivity contribution in [2.75, 3.05) is 24.6 Å². The van der Waals surface area contributed by atoms with Crippen LogP contribution in [-0.2, 0) is 96.1 Å². The Morgan fingerprint density at radius 3 is 1.47 bits per heavy atom. The van der Waals surface area contributed by atoms with E-state index in [2.05, 4.69) is 83.1 Å². The monoisotopic (exact) mass is 1650 g/mol. The Kier molecular flexibility index (Phi) is 29.2. The maximum atomic E-state index is 16.0. The number of guanidine groups is 2. The molecule has 4 aromatic heterocycles. The third-order valence-electron chi connectivity index (χ3n) is 22.9. The number of aromatic amines is 4. The number of Topliss-reactive ketones (excluding diaryl/α,β-unsaturated/α-hetero) is 4. The average Bonchev–Trinajstić information content (AvgIpc) is 1.06. The molecule has 2 saturated heterocycles. The van der Waals surface area contributed by atoms with Crippen molar-refractivity contribution in [3.8, 4) is 0 Å². The third kappa shape index (κ3) is 22.6. The third-order valence-corrected chi connectivity index (χ3v) is 25.4. The van der Waals surface area contributed by atoms with Crippen molar-refractivity contribution in [3.05, 3.63) is 180 Å². The van der Waals surface area contributed by atoms with Gasteiger partial charge < -0.3 is 84.6 Å². The molecule has 4 aliphatic rings. The average molecular weight is 1650 g/mol. The van der Waals surface area contributed by atoms with E-state index in [4.69, 9.17) is 22.3 Å². The summed E-state index contributed by atoms with van der Waals surface area (Å²) in [6.45, 7) is 0.172. The van der Waals surface area contributed by atoms with E-state index in [0.29, 0.717) is 57.4 Å². The van der Waals surface area contributed by atoms with Gasteiger partial charge in [0.15, 0.2) is 17.7 Å². The minimum absolute atomic E-state index is 0.0332. The number of carbonyl (C=O) groups is 12. The fraction of sp³-hybridized carbons (Fsp3) is 0.429. The van der Waals surface area contributed by atoms with E-state index < -0.39 is 161 Å². The normalized spacial score (nSPS) is 23.9. The van der Waals surface area contributed by atoms with Gasteiger partial charge in [-0.25, -0.2) is 9.97 Å². The largest absolute Gasteiger partial charge is 0.370 e. The number of carbonyl (C=O) groups excluding carboxylic acids is 12. The predicted octanol–water partition coefficient (Wildman–Crippen LogP) is 4.07. The molecule has 2 saturated carbocycles. The maximum absolute atomic E-state index is 16.0. The molecule has 118 heavy (non-hydrogen) atoms. The number of imidazole rings is 2. The summed E-state index contributed by atoms with van der Waals surface area (Å²) >= 11 is 0. The van der Waals surface area contributed by atoms with Crippen LogP contribution < -0.4 is 64.6 Å². The molecule has 2 aliphatic heterocycles. The Balaban J connectivity index is 0.975. The molecule has 2 spiro atoms. The summed E-state index contributed by atoms with van der Waals surface area (Å²) in [6.07, 6.45) is 8.51. The van der Waals surface area contributed by atoms with Gasteiger partial charge in [-0.1, -0.05) is 125 Å². The minimum atomic E-state index is -1.72. The summed E-state index contributed by atoms with van der Waals surface area (Å²) in [6, 6.07) is 22.0. The number of para-hydroxylation sites is 2. The molecule has 8 amide bonds. The number of aromatic nitrogens is 6. The molecule has 8 aromatic rings. The number of H-pyrrole nitrogens is 4. The second-order valence-electron chi connectivity index (χ2n) is 31.2. The van der Waals surface area contributed by atoms with Crippen LogP contribution >= 0.6 is 21.6 Å². The smallest absolute Gasteiger partial charge is 0.246 e. The number of nitrogens with two attached hydrogens (primary N) is 2. The standard InChI is InChI=1S/C84H102N20O12S2/c85-81(86)91-29-11-23-62-70(106)36-51(33-53-41-93-60-21-9-7-19-58(53)60)69(105)37-55-45-117-118-46-68(79(115)104-84(27-14-28-84)80(116)103-67(39-57-44-90-48-96-57)78(114)100-65(75(111)97-62)32-50-17-5-2-6-18-50)102-77(113)66(35-54-42-94-61-22-10-8-20-59(54)61)101-74(110)63(24-12-30-92-82(87)88)98-76(112)64(31-49-15-3-1-4-16-49)99-73(109)52(34-56-43-89-47-95-56)38-72(108)83(25-13-26-83)40-71(55)107/h1-10,15-22,41-44,47-48,51-52,55,62-68,93-94H,11-14,23-40,45-46H2,(H,89,95)(H,90,96)(H,97,111)(H,98,112)(H,99,109)(H,100,114)(H,101,110)(H,102,113)(H,103,116)(H,104,115)(H4,85,86,91)(H4,87,88,92)/t51-,52-,55+,62+,63+,64-,65-,66+,67+,68+/m1/s1. The number of fused-ring (bicyclic) bond motifs is 7. The number of rotatable bonds is 20. The van der Waals surface area contributed by atoms with Crippen molar-refractivity contribution in [1.29, 1.82) is 10.8 Å². The summed E-state index contributed by atoms with van der Waals surface area (Å²) in [7, 11) is 2.16. The van der Waals surface area contributed by atoms with E-state index in [9.17, 15) is 0 Å². The number of ketones is 4. The lowest BCUT2D eigenvalue weighted by atomic mass is 9.61. The fourth-order valence-corrected chi connectivity index (χ4v) is 18.4. The second kappa shape index (κ2) is 40.3. The van der Waals surface area contributed by atoms with Crippen LogP contribution in [0.1, 0.15) is 124 Å². The lowest BCUT2D eigenvalue weighted by Gasteiger charge is -2.42. The summed E-state index contributed by atoms with van der Waals surface area (Å²) in [5.74, 6) is -13.2. The van der Waals surface area contributed by atoms with Gasteiger partial charge in [-0.3, -0.25) is 68.4 Å². The topological polar surface area (TPSA) is 514 Å². The Morgan fingerprint density at radius 1 is 0.449 bits per heavy atom. The van der Waals surface area contributed by atoms with Gasteiger partial charge in [-0.05, 0) is 98.6 Å². The second-order valence-corrected chi connectivity index (χ2v) is 33.8. The Morgan fingerprint density at radius 2 is 0.932 bits per heavy atom. The van der Waals surface area contributed by atoms with E-state index in [0.717, 1.165) is 32.5 Å². The van der Waals surface area contributed by atoms with Crippen molar-refractivity contribution in [2.24, 2.45) is 34.6 Å². The first-order valence-electron chi connectivity index (χ1n) is 40.1. The highest BCUT2D eigenvalue weighted by Gasteiger charge is 2.50. The molecule has 2 bridgehead atoms. The molecule has 2 aliphatic carbocycles. The first-order chi connectivity index (χ1) is 57.0. The van der Waals surface area contributed by atoms with Gasteiger partial charge in [0.2, 0.25) is 47.3 Å². The first-order valence-corrected chi connectivity index (χ1v) is 42.6. The highest BCUT2D eigenvalue weighted by Crippen LogP contribution is 2.48. The van der Waals surface area contributed by atoms with E-state index >= 15 is 57.5 Å². The van der Waals surface area contributed by atoms with Gasteiger partial charge in [0.1, 0.15) is 59.1 Å². The lowest BCUT2D eigenvalue weighted by molar-refractivity contribution is -0.143. The van der Waals surface area contributed by atoms with E-state index in [1.807, 2.05) is 42.5 Å². The van der Waals surface area contributed by atoms with E-state index in [1.165, 1.54) is 18.9 Å². The van der Waals surface area contributed by atoms with Crippen molar-refractivity contribution in [3.63, 3.8) is 0 Å². The van der Waals surface area contributed by atoms with E-state index in [1.54, 1.807) is 85.3 Å². The number of nitrogens with zero attached hydrogens (tertiary/aromatic N) is 2. The van der Waals surface area contributed by atoms with Crippen molar-refractivity contribution in [2.45, 2.75) is 176 Å². The molecular formula is C84H102N20O12S2. The zero-order valence-electron chi connectivity index (χ0n) is 65.4. The molecule has 32 nitrogen and oxygen atoms in total. The molecule has 10 atom stereocenters. The van der Waals surface area contributed by atoms with Crippen LogP contribution in [-0.4, -0.2) is 185 Å². The number of benzene rings is 4. The molecule has 20 N–H and O–H groups in total. The molecule has 0 radical (unpaired) electrons. The molecule has 622 valence electrons. The van der Waals surface area contributed by atoms with Crippen LogP contribution in [0.15, 0.2) is 147 Å². The van der Waals surface area contributed by atoms with Gasteiger partial charge in [0.25, 0.3) is 0 Å². The number of hydrogen-bond acceptors (Lipinski definition) is 18. The highest BCUT2D eigenvalue weighted by molar-refractivity contribution is 8.76. The SMILES string of the molecule is N=C(N)NCCC[C@@H]1NC(=O)[C@@H](Cc2ccccc2)NC(=O)[C@H](Cc2c[nH]cn2)NC(=O)C2(CCC2)NC(=O)[C@@H]2CSSC[C@H](CC(=O)[C@H](Cc3c[nH]c4ccccc34)CC1=O)C(=O)CC1(CCC1)C(=O)C[C@@H](Cc1c[nH]cn1)C(=O)N[C@H](Cc1ccccc1)C(=O)N[C@@H](CCCNC(=N)N)C(=O)N[C@@H](Cc1c[nH]c3ccccc13)C(=O)N2. The molecule has 34 heteroatoms. The van der Waals surface area contributed by atoms with Gasteiger partial charge in [-0.15, -0.1) is 0 Å². The summed E-state index contributed by atoms with van der Waals surface area (Å²) in [5, 5.41) is 46.0. The lowest BCUT2D eigenvalue weighted by Crippen LogP contribution is -2.68. The van der Waals surface area contributed by atoms with Gasteiger partial charge in [-0.2, -0.15) is 0 Å². The molecule has 4 aromatic carbocycles. The molecule has 4 fully saturated rings. The maximum Gasteiger partial charge on any atom is 0.246 e. The molecule has 12 rings (SSSR count). The Labute approximate surface area is 689 Å². The summed E-state index contributed by atoms with van der Waals surface area (Å²) in [5.41, 5.74) is 13.0. The zero-order chi connectivity index (χ0) is 83.3. The number of hydrogen-bond donors (Lipinski definition) is 18. The highest BCUT2D eigenvalue weighted by atomic mass is 33.1. The van der Waals surface area contributed by atoms with Crippen LogP contribution in [0, 0.1) is 34.0 Å². The van der Waals surface area contributed by atoms with Gasteiger partial charge >= 0.3 is 0 Å². The van der Waals surface area contributed by atoms with Gasteiger partial charge in [0, 0.05) is 146 Å². The molecular weight excluding hydrogens is 1550 g/mol. The molecule has 0 unspecified atom stereocenters. The van der Waals surface area contributed by atoms with Crippen LogP contribution in [0.25, 0.3) is 21.8 Å². The van der Waals surface area contributed by atoms with Crippen LogP contribution in [0.4, 0.5) is 0 Å². The Hall–Kier alpha value is -11.9. The quantitative estimate of drug-likeness (QED) is 0.0221. The van der Waals surface area contributed by atoms with E-state index in [-0.39, 0.29) is 133 Å². The number of nitrogens with one attached hydrogen (secondary N) is 16. The fourth-order valence-electron chi connectivity index (χ4n) is 15.9. The van der Waals surface area contributed by atoms with Crippen LogP contribution in [0.2, 0.25) is 0 Å². The summed E-state index contributed by atoms with van der Waals surface area (Å²) < 4.78 is 0. The zero-order valence-corrected chi connectivity index (χ0v) is 67.0. The predicted molar refractivity (Wildman–Crippen MR) is 446 cm³/mol. The summed E-state index contributed by atoms with van der Waals surface area (Å²) in [4.78, 5) is 208. The Bertz CT molecular complexity index is 4610. The van der Waals surface area contributed by atoms with Crippen LogP contribution in [0.5, 0.6) is 0 Å². The molecule has 6 heterocycles. The van der Waals surface area contributed by atoms with Crippen molar-refractivity contribution < 1.29 is 57.5 Å². The number of amides is 8. The first kappa shape index (κ1) is 85.4. The van der Waals surface area contributed by atoms with Crippen molar-refractivity contribution in [1.82, 2.24) is 83.1 Å². The van der Waals surface area contributed by atoms with Crippen LogP contribution in [0.3, 0.4) is 0 Å². The van der Waals surface area contributed by atoms with Crippen molar-refractivity contribution >= 4 is 126 Å². The minimum Gasteiger partial charge on any atom is -0.370 e.